The quantitative estimate of drug-likeness (QED) is 0.752. The van der Waals surface area contributed by atoms with Gasteiger partial charge in [0.15, 0.2) is 0 Å². The Morgan fingerprint density at radius 2 is 1.87 bits per heavy atom. The molecule has 6 heteroatoms. The first-order valence-corrected chi connectivity index (χ1v) is 7.62. The minimum absolute atomic E-state index is 0.188. The van der Waals surface area contributed by atoms with Crippen LogP contribution >= 0.6 is 11.8 Å². The van der Waals surface area contributed by atoms with Gasteiger partial charge < -0.3 is 0 Å². The fourth-order valence-electron chi connectivity index (χ4n) is 0.869. The lowest BCUT2D eigenvalue weighted by atomic mass is 10.3. The highest BCUT2D eigenvalue weighted by Crippen LogP contribution is 2.23. The Balaban J connectivity index is 3.66. The van der Waals surface area contributed by atoms with E-state index in [1.807, 2.05) is 4.72 Å². The number of nitrogens with one attached hydrogen (secondary N) is 1. The van der Waals surface area contributed by atoms with Crippen LogP contribution in [0, 0.1) is 0 Å². The predicted molar refractivity (Wildman–Crippen MR) is 64.4 cm³/mol. The topological polar surface area (TPSA) is 63.2 Å². The molecule has 0 rings (SSSR count). The largest absolute Gasteiger partial charge is 0.274 e. The highest BCUT2D eigenvalue weighted by molar-refractivity contribution is 8.00. The molecule has 0 aromatic carbocycles. The number of hydrogen-bond acceptors (Lipinski definition) is 4. The van der Waals surface area contributed by atoms with E-state index in [9.17, 15) is 13.2 Å². The summed E-state index contributed by atoms with van der Waals surface area (Å²) in [6.45, 7) is 6.32. The Hall–Kier alpha value is -0.230. The van der Waals surface area contributed by atoms with Gasteiger partial charge in [0.25, 0.3) is 0 Å². The van der Waals surface area contributed by atoms with Gasteiger partial charge >= 0.3 is 0 Å². The van der Waals surface area contributed by atoms with Gasteiger partial charge in [0.05, 0.1) is 6.26 Å². The van der Waals surface area contributed by atoms with E-state index in [-0.39, 0.29) is 11.2 Å². The number of sulfonamides is 1. The molecule has 0 fully saturated rings. The second kappa shape index (κ2) is 5.75. The van der Waals surface area contributed by atoms with Crippen LogP contribution in [0.3, 0.4) is 0 Å². The van der Waals surface area contributed by atoms with E-state index in [0.717, 1.165) is 12.0 Å². The normalized spacial score (nSPS) is 12.5. The molecule has 0 atom stereocenters. The molecule has 0 aliphatic carbocycles. The van der Waals surface area contributed by atoms with Crippen LogP contribution in [0.5, 0.6) is 0 Å². The van der Waals surface area contributed by atoms with Gasteiger partial charge in [0.2, 0.25) is 15.9 Å². The predicted octanol–water partition coefficient (Wildman–Crippen LogP) is 1.37. The van der Waals surface area contributed by atoms with Crippen molar-refractivity contribution in [1.82, 2.24) is 4.72 Å². The van der Waals surface area contributed by atoms with Crippen molar-refractivity contribution in [2.45, 2.75) is 38.4 Å². The second-order valence-corrected chi connectivity index (χ2v) is 8.03. The van der Waals surface area contributed by atoms with Crippen molar-refractivity contribution in [3.63, 3.8) is 0 Å². The highest BCUT2D eigenvalue weighted by atomic mass is 32.2. The molecule has 0 radical (unpaired) electrons. The Bertz CT molecular complexity index is 304. The van der Waals surface area contributed by atoms with Crippen molar-refractivity contribution in [3.05, 3.63) is 0 Å². The molecular formula is C9H19NO3S2. The number of hydrogen-bond donors (Lipinski definition) is 1. The van der Waals surface area contributed by atoms with Crippen molar-refractivity contribution in [2.24, 2.45) is 0 Å². The molecule has 4 nitrogen and oxygen atoms in total. The summed E-state index contributed by atoms with van der Waals surface area (Å²) >= 11 is 1.76. The van der Waals surface area contributed by atoms with Crippen LogP contribution in [0.2, 0.25) is 0 Å². The zero-order valence-electron chi connectivity index (χ0n) is 9.66. The van der Waals surface area contributed by atoms with Crippen molar-refractivity contribution >= 4 is 27.7 Å². The Kier molecular flexibility index (Phi) is 5.66. The summed E-state index contributed by atoms with van der Waals surface area (Å²) in [5.41, 5.74) is 0. The van der Waals surface area contributed by atoms with Gasteiger partial charge in [-0.1, -0.05) is 20.8 Å². The van der Waals surface area contributed by atoms with Crippen molar-refractivity contribution in [2.75, 3.05) is 12.0 Å². The third kappa shape index (κ3) is 11.7. The van der Waals surface area contributed by atoms with Gasteiger partial charge in [-0.2, -0.15) is 11.8 Å². The van der Waals surface area contributed by atoms with Gasteiger partial charge in [-0.3, -0.25) is 9.52 Å². The average molecular weight is 253 g/mol. The minimum Gasteiger partial charge on any atom is -0.274 e. The summed E-state index contributed by atoms with van der Waals surface area (Å²) in [6, 6.07) is 0. The molecule has 1 amide bonds. The molecule has 0 spiro atoms. The maximum atomic E-state index is 11.1. The molecule has 0 saturated heterocycles. The Labute approximate surface area is 96.3 Å². The molecule has 0 aromatic rings. The highest BCUT2D eigenvalue weighted by Gasteiger charge is 2.11. The van der Waals surface area contributed by atoms with Crippen molar-refractivity contribution in [3.8, 4) is 0 Å². The van der Waals surface area contributed by atoms with E-state index in [4.69, 9.17) is 0 Å². The number of thioether (sulfide) groups is 1. The lowest BCUT2D eigenvalue weighted by Gasteiger charge is -2.16. The molecule has 0 unspecified atom stereocenters. The van der Waals surface area contributed by atoms with Crippen LogP contribution in [0.1, 0.15) is 33.6 Å². The van der Waals surface area contributed by atoms with Crippen LogP contribution < -0.4 is 4.72 Å². The lowest BCUT2D eigenvalue weighted by molar-refractivity contribution is -0.119. The SMILES string of the molecule is CC(C)(C)SCCCC(=O)NS(C)(=O)=O. The number of amides is 1. The first-order chi connectivity index (χ1) is 6.60. The maximum absolute atomic E-state index is 11.1. The van der Waals surface area contributed by atoms with Crippen LogP contribution in [0.25, 0.3) is 0 Å². The molecule has 90 valence electrons. The molecule has 0 aliphatic heterocycles. The van der Waals surface area contributed by atoms with E-state index in [1.165, 1.54) is 0 Å². The molecule has 0 aliphatic rings. The lowest BCUT2D eigenvalue weighted by Crippen LogP contribution is -2.29. The van der Waals surface area contributed by atoms with E-state index in [0.29, 0.717) is 6.42 Å². The van der Waals surface area contributed by atoms with Crippen LogP contribution in [-0.2, 0) is 14.8 Å². The third-order valence-electron chi connectivity index (χ3n) is 1.38. The summed E-state index contributed by atoms with van der Waals surface area (Å²) in [5, 5.41) is 0. The molecule has 1 N–H and O–H groups in total. The van der Waals surface area contributed by atoms with Gasteiger partial charge in [-0.15, -0.1) is 0 Å². The molecule has 0 heterocycles. The summed E-state index contributed by atoms with van der Waals surface area (Å²) < 4.78 is 23.5. The van der Waals surface area contributed by atoms with Crippen molar-refractivity contribution in [1.29, 1.82) is 0 Å². The second-order valence-electron chi connectivity index (χ2n) is 4.36. The fourth-order valence-corrected chi connectivity index (χ4v) is 2.29. The van der Waals surface area contributed by atoms with Gasteiger partial charge in [-0.25, -0.2) is 8.42 Å². The van der Waals surface area contributed by atoms with Crippen LogP contribution in [0.4, 0.5) is 0 Å². The first-order valence-electron chi connectivity index (χ1n) is 4.75. The number of carbonyl (C=O) groups excluding carboxylic acids is 1. The summed E-state index contributed by atoms with van der Waals surface area (Å²) in [5.74, 6) is 0.438. The molecule has 0 saturated carbocycles. The van der Waals surface area contributed by atoms with Crippen LogP contribution in [-0.4, -0.2) is 31.1 Å². The molecule has 0 bridgehead atoms. The van der Waals surface area contributed by atoms with Gasteiger partial charge in [0.1, 0.15) is 0 Å². The zero-order chi connectivity index (χ0) is 12.1. The summed E-state index contributed by atoms with van der Waals surface area (Å²) in [6.07, 6.45) is 1.94. The Morgan fingerprint density at radius 3 is 2.27 bits per heavy atom. The monoisotopic (exact) mass is 253 g/mol. The maximum Gasteiger partial charge on any atom is 0.233 e. The van der Waals surface area contributed by atoms with E-state index >= 15 is 0 Å². The van der Waals surface area contributed by atoms with E-state index in [2.05, 4.69) is 20.8 Å². The van der Waals surface area contributed by atoms with Gasteiger partial charge in [-0.05, 0) is 12.2 Å². The van der Waals surface area contributed by atoms with Crippen LogP contribution in [0.15, 0.2) is 0 Å². The van der Waals surface area contributed by atoms with E-state index in [1.54, 1.807) is 11.8 Å². The third-order valence-corrected chi connectivity index (χ3v) is 3.34. The number of carbonyl (C=O) groups is 1. The standard InChI is InChI=1S/C9H19NO3S2/c1-9(2,3)14-7-5-6-8(11)10-15(4,12)13/h5-7H2,1-4H3,(H,10,11). The Morgan fingerprint density at radius 1 is 1.33 bits per heavy atom. The molecule has 0 aromatic heterocycles. The fraction of sp³-hybridized carbons (Fsp3) is 0.889. The first kappa shape index (κ1) is 14.8. The summed E-state index contributed by atoms with van der Waals surface area (Å²) in [4.78, 5) is 11.1. The van der Waals surface area contributed by atoms with E-state index < -0.39 is 15.9 Å². The smallest absolute Gasteiger partial charge is 0.233 e. The number of rotatable bonds is 5. The summed E-state index contributed by atoms with van der Waals surface area (Å²) in [7, 11) is -3.40. The van der Waals surface area contributed by atoms with Gasteiger partial charge in [0, 0.05) is 11.2 Å². The average Bonchev–Trinajstić information content (AvgIpc) is 1.92. The minimum atomic E-state index is -3.40. The van der Waals surface area contributed by atoms with Crippen molar-refractivity contribution < 1.29 is 13.2 Å². The molecular weight excluding hydrogens is 234 g/mol. The molecule has 15 heavy (non-hydrogen) atoms. The zero-order valence-corrected chi connectivity index (χ0v) is 11.3.